The Labute approximate surface area is 125 Å². The fourth-order valence-electron chi connectivity index (χ4n) is 2.58. The predicted molar refractivity (Wildman–Crippen MR) is 78.9 cm³/mol. The van der Waals surface area contributed by atoms with E-state index in [2.05, 4.69) is 15.6 Å². The van der Waals surface area contributed by atoms with Crippen LogP contribution in [0.5, 0.6) is 0 Å². The lowest BCUT2D eigenvalue weighted by molar-refractivity contribution is 0.0947. The molecule has 2 heterocycles. The van der Waals surface area contributed by atoms with E-state index in [0.717, 1.165) is 6.42 Å². The molecule has 118 valence electrons. The highest BCUT2D eigenvalue weighted by molar-refractivity contribution is 7.92. The minimum absolute atomic E-state index is 0.123. The number of aromatic nitrogens is 3. The molecule has 8 heteroatoms. The minimum Gasteiger partial charge on any atom is -0.349 e. The maximum absolute atomic E-state index is 12.1. The van der Waals surface area contributed by atoms with Gasteiger partial charge in [0.25, 0.3) is 5.91 Å². The molecule has 1 aromatic rings. The normalized spacial score (nSPS) is 21.4. The molecule has 21 heavy (non-hydrogen) atoms. The van der Waals surface area contributed by atoms with Crippen LogP contribution < -0.4 is 5.32 Å². The van der Waals surface area contributed by atoms with Crippen molar-refractivity contribution in [1.29, 1.82) is 0 Å². The molecule has 0 spiro atoms. The molecule has 1 atom stereocenters. The maximum Gasteiger partial charge on any atom is 0.273 e. The number of hydrogen-bond acceptors (Lipinski definition) is 5. The molecule has 0 radical (unpaired) electrons. The summed E-state index contributed by atoms with van der Waals surface area (Å²) in [6.07, 6.45) is 2.22. The van der Waals surface area contributed by atoms with Gasteiger partial charge < -0.3 is 5.32 Å². The average molecular weight is 314 g/mol. The topological polar surface area (TPSA) is 93.9 Å². The molecular weight excluding hydrogens is 292 g/mol. The molecule has 1 amide bonds. The van der Waals surface area contributed by atoms with Gasteiger partial charge in [-0.15, -0.1) is 5.10 Å². The molecule has 1 fully saturated rings. The van der Waals surface area contributed by atoms with Gasteiger partial charge in [0.1, 0.15) is 0 Å². The number of nitrogens with one attached hydrogen (secondary N) is 1. The van der Waals surface area contributed by atoms with Crippen LogP contribution in [0.4, 0.5) is 0 Å². The Morgan fingerprint density at radius 1 is 1.43 bits per heavy atom. The molecule has 1 N–H and O–H groups in total. The van der Waals surface area contributed by atoms with Crippen LogP contribution in [-0.2, 0) is 9.84 Å². The van der Waals surface area contributed by atoms with E-state index in [0.29, 0.717) is 18.5 Å². The van der Waals surface area contributed by atoms with Crippen LogP contribution >= 0.6 is 0 Å². The molecule has 1 saturated heterocycles. The Bertz CT molecular complexity index is 621. The van der Waals surface area contributed by atoms with E-state index in [4.69, 9.17) is 0 Å². The molecule has 1 aromatic heterocycles. The van der Waals surface area contributed by atoms with Crippen LogP contribution in [0.25, 0.3) is 0 Å². The summed E-state index contributed by atoms with van der Waals surface area (Å²) in [5.41, 5.74) is 0.950. The molecule has 7 nitrogen and oxygen atoms in total. The van der Waals surface area contributed by atoms with E-state index in [9.17, 15) is 13.2 Å². The van der Waals surface area contributed by atoms with Crippen molar-refractivity contribution >= 4 is 15.7 Å². The first kappa shape index (κ1) is 15.9. The highest BCUT2D eigenvalue weighted by atomic mass is 32.2. The SMILES string of the molecule is Cc1c(C(=O)NCC2CCCCS2(=O)=O)nnn1C(C)C. The van der Waals surface area contributed by atoms with Crippen molar-refractivity contribution in [1.82, 2.24) is 20.3 Å². The van der Waals surface area contributed by atoms with Gasteiger partial charge in [0.2, 0.25) is 0 Å². The number of carbonyl (C=O) groups excluding carboxylic acids is 1. The Morgan fingerprint density at radius 3 is 2.71 bits per heavy atom. The second kappa shape index (κ2) is 6.13. The summed E-state index contributed by atoms with van der Waals surface area (Å²) in [4.78, 5) is 12.1. The van der Waals surface area contributed by atoms with Gasteiger partial charge in [-0.1, -0.05) is 11.6 Å². The van der Waals surface area contributed by atoms with Gasteiger partial charge in [-0.3, -0.25) is 4.79 Å². The monoisotopic (exact) mass is 314 g/mol. The molecule has 1 aliphatic rings. The summed E-state index contributed by atoms with van der Waals surface area (Å²) in [5, 5.41) is 10.0. The lowest BCUT2D eigenvalue weighted by atomic mass is 10.2. The second-order valence-electron chi connectivity index (χ2n) is 5.76. The van der Waals surface area contributed by atoms with Gasteiger partial charge in [0.15, 0.2) is 15.5 Å². The zero-order valence-electron chi connectivity index (χ0n) is 12.7. The molecule has 1 unspecified atom stereocenters. The molecule has 1 aliphatic heterocycles. The summed E-state index contributed by atoms with van der Waals surface area (Å²) >= 11 is 0. The van der Waals surface area contributed by atoms with Crippen molar-refractivity contribution < 1.29 is 13.2 Å². The Morgan fingerprint density at radius 2 is 2.14 bits per heavy atom. The maximum atomic E-state index is 12.1. The fraction of sp³-hybridized carbons (Fsp3) is 0.769. The van der Waals surface area contributed by atoms with E-state index >= 15 is 0 Å². The zero-order chi connectivity index (χ0) is 15.6. The largest absolute Gasteiger partial charge is 0.349 e. The average Bonchev–Trinajstić information content (AvgIpc) is 2.78. The number of amides is 1. The second-order valence-corrected chi connectivity index (χ2v) is 8.16. The van der Waals surface area contributed by atoms with E-state index in [1.54, 1.807) is 11.6 Å². The minimum atomic E-state index is -3.08. The first-order chi connectivity index (χ1) is 9.83. The standard InChI is InChI=1S/C13H22N4O3S/c1-9(2)17-10(3)12(15-16-17)13(18)14-8-11-6-4-5-7-21(11,19)20/h9,11H,4-8H2,1-3H3,(H,14,18). The third-order valence-corrected chi connectivity index (χ3v) is 6.11. The first-order valence-corrected chi connectivity index (χ1v) is 8.96. The number of hydrogen-bond donors (Lipinski definition) is 1. The van der Waals surface area contributed by atoms with Gasteiger partial charge >= 0.3 is 0 Å². The summed E-state index contributed by atoms with van der Waals surface area (Å²) in [6.45, 7) is 5.84. The van der Waals surface area contributed by atoms with Crippen LogP contribution in [0.1, 0.15) is 55.3 Å². The van der Waals surface area contributed by atoms with Crippen LogP contribution in [0, 0.1) is 6.92 Å². The van der Waals surface area contributed by atoms with Crippen LogP contribution in [0.3, 0.4) is 0 Å². The lowest BCUT2D eigenvalue weighted by Gasteiger charge is -2.22. The van der Waals surface area contributed by atoms with Gasteiger partial charge in [-0.2, -0.15) is 0 Å². The van der Waals surface area contributed by atoms with Crippen molar-refractivity contribution in [2.45, 2.75) is 51.3 Å². The fourth-order valence-corrected chi connectivity index (χ4v) is 4.38. The first-order valence-electron chi connectivity index (χ1n) is 7.24. The van der Waals surface area contributed by atoms with Crippen LogP contribution in [0.2, 0.25) is 0 Å². The third-order valence-electron chi connectivity index (χ3n) is 3.83. The molecule has 2 rings (SSSR count). The molecule has 0 aromatic carbocycles. The van der Waals surface area contributed by atoms with Crippen molar-refractivity contribution in [2.24, 2.45) is 0 Å². The smallest absolute Gasteiger partial charge is 0.273 e. The summed E-state index contributed by atoms with van der Waals surface area (Å²) < 4.78 is 25.5. The number of nitrogens with zero attached hydrogens (tertiary/aromatic N) is 3. The van der Waals surface area contributed by atoms with E-state index in [1.807, 2.05) is 13.8 Å². The Balaban J connectivity index is 2.02. The Kier molecular flexibility index (Phi) is 4.65. The summed E-state index contributed by atoms with van der Waals surface area (Å²) in [6, 6.07) is 0.123. The van der Waals surface area contributed by atoms with Gasteiger partial charge in [-0.25, -0.2) is 13.1 Å². The van der Waals surface area contributed by atoms with E-state index in [1.165, 1.54) is 0 Å². The number of sulfone groups is 1. The van der Waals surface area contributed by atoms with Crippen molar-refractivity contribution in [3.63, 3.8) is 0 Å². The molecule has 0 saturated carbocycles. The highest BCUT2D eigenvalue weighted by Gasteiger charge is 2.29. The quantitative estimate of drug-likeness (QED) is 0.889. The van der Waals surface area contributed by atoms with Crippen molar-refractivity contribution in [2.75, 3.05) is 12.3 Å². The van der Waals surface area contributed by atoms with E-state index < -0.39 is 15.1 Å². The molecule has 0 aliphatic carbocycles. The van der Waals surface area contributed by atoms with Crippen LogP contribution in [-0.4, -0.2) is 46.9 Å². The molecule has 0 bridgehead atoms. The highest BCUT2D eigenvalue weighted by Crippen LogP contribution is 2.19. The summed E-state index contributed by atoms with van der Waals surface area (Å²) in [5.74, 6) is -0.143. The van der Waals surface area contributed by atoms with Gasteiger partial charge in [-0.05, 0) is 33.6 Å². The lowest BCUT2D eigenvalue weighted by Crippen LogP contribution is -2.40. The number of carbonyl (C=O) groups is 1. The van der Waals surface area contributed by atoms with Crippen LogP contribution in [0.15, 0.2) is 0 Å². The van der Waals surface area contributed by atoms with Gasteiger partial charge in [0.05, 0.1) is 16.7 Å². The summed E-state index contributed by atoms with van der Waals surface area (Å²) in [7, 11) is -3.08. The van der Waals surface area contributed by atoms with Gasteiger partial charge in [0, 0.05) is 12.6 Å². The predicted octanol–water partition coefficient (Wildman–Crippen LogP) is 0.865. The van der Waals surface area contributed by atoms with Crippen molar-refractivity contribution in [3.8, 4) is 0 Å². The van der Waals surface area contributed by atoms with E-state index in [-0.39, 0.29) is 29.9 Å². The van der Waals surface area contributed by atoms with Crippen molar-refractivity contribution in [3.05, 3.63) is 11.4 Å². The molecular formula is C13H22N4O3S. The number of rotatable bonds is 4. The Hall–Kier alpha value is -1.44. The zero-order valence-corrected chi connectivity index (χ0v) is 13.5. The third kappa shape index (κ3) is 3.42.